The van der Waals surface area contributed by atoms with Gasteiger partial charge in [-0.3, -0.25) is 4.79 Å². The smallest absolute Gasteiger partial charge is 0.341 e. The molecular formula is C20H24ClN2O3S+. The highest BCUT2D eigenvalue weighted by atomic mass is 35.5. The molecule has 27 heavy (non-hydrogen) atoms. The molecule has 1 aliphatic heterocycles. The minimum absolute atomic E-state index is 0.0577. The molecule has 144 valence electrons. The highest BCUT2D eigenvalue weighted by Gasteiger charge is 2.45. The van der Waals surface area contributed by atoms with Crippen molar-refractivity contribution in [1.29, 1.82) is 0 Å². The number of hydrogen-bond acceptors (Lipinski definition) is 4. The quantitative estimate of drug-likeness (QED) is 0.764. The second-order valence-electron chi connectivity index (χ2n) is 8.10. The highest BCUT2D eigenvalue weighted by molar-refractivity contribution is 7.17. The zero-order chi connectivity index (χ0) is 20.0. The number of nitrogens with two attached hydrogens (primary N) is 1. The lowest BCUT2D eigenvalue weighted by atomic mass is 9.81. The second kappa shape index (κ2) is 6.93. The van der Waals surface area contributed by atoms with E-state index in [0.29, 0.717) is 21.2 Å². The lowest BCUT2D eigenvalue weighted by Gasteiger charge is -2.38. The minimum Gasteiger partial charge on any atom is -0.465 e. The van der Waals surface area contributed by atoms with Gasteiger partial charge in [-0.2, -0.15) is 0 Å². The third-order valence-electron chi connectivity index (χ3n) is 4.70. The number of hydrogen-bond donors (Lipinski definition) is 2. The van der Waals surface area contributed by atoms with E-state index in [0.717, 1.165) is 16.9 Å². The number of amides is 1. The van der Waals surface area contributed by atoms with Crippen LogP contribution in [0.2, 0.25) is 5.02 Å². The first-order chi connectivity index (χ1) is 12.5. The second-order valence-corrected chi connectivity index (χ2v) is 9.55. The van der Waals surface area contributed by atoms with Crippen LogP contribution in [0.1, 0.15) is 58.9 Å². The molecule has 0 saturated heterocycles. The van der Waals surface area contributed by atoms with Crippen molar-refractivity contribution in [2.24, 2.45) is 0 Å². The summed E-state index contributed by atoms with van der Waals surface area (Å²) < 4.78 is 5.03. The van der Waals surface area contributed by atoms with Gasteiger partial charge in [-0.15, -0.1) is 11.3 Å². The summed E-state index contributed by atoms with van der Waals surface area (Å²) >= 11 is 7.34. The van der Waals surface area contributed by atoms with Gasteiger partial charge in [0.1, 0.15) is 10.5 Å². The number of esters is 1. The molecule has 0 fully saturated rings. The van der Waals surface area contributed by atoms with Crippen molar-refractivity contribution in [2.45, 2.75) is 45.2 Å². The largest absolute Gasteiger partial charge is 0.465 e. The molecule has 3 rings (SSSR count). The number of halogens is 1. The molecule has 1 aromatic heterocycles. The fourth-order valence-corrected chi connectivity index (χ4v) is 5.29. The monoisotopic (exact) mass is 407 g/mol. The van der Waals surface area contributed by atoms with E-state index in [1.807, 2.05) is 0 Å². The number of thiophene rings is 1. The van der Waals surface area contributed by atoms with Gasteiger partial charge in [0.05, 0.1) is 23.1 Å². The van der Waals surface area contributed by atoms with Gasteiger partial charge in [0.25, 0.3) is 5.91 Å². The van der Waals surface area contributed by atoms with Gasteiger partial charge in [-0.25, -0.2) is 4.79 Å². The average Bonchev–Trinajstić information content (AvgIpc) is 2.91. The van der Waals surface area contributed by atoms with Crippen LogP contribution in [0, 0.1) is 0 Å². The molecule has 0 unspecified atom stereocenters. The van der Waals surface area contributed by atoms with Crippen molar-refractivity contribution in [1.82, 2.24) is 0 Å². The van der Waals surface area contributed by atoms with Crippen molar-refractivity contribution >= 4 is 39.8 Å². The number of methoxy groups -OCH3 is 1. The number of carbonyl (C=O) groups is 2. The van der Waals surface area contributed by atoms with Gasteiger partial charge in [-0.1, -0.05) is 11.6 Å². The Hall–Kier alpha value is -1.89. The Morgan fingerprint density at radius 2 is 1.81 bits per heavy atom. The maximum atomic E-state index is 12.7. The third kappa shape index (κ3) is 3.88. The normalized spacial score (nSPS) is 17.1. The number of rotatable bonds is 3. The topological polar surface area (TPSA) is 72.0 Å². The fraction of sp³-hybridized carbons (Fsp3) is 0.400. The molecule has 1 amide bonds. The number of benzene rings is 1. The van der Waals surface area contributed by atoms with Gasteiger partial charge < -0.3 is 15.4 Å². The van der Waals surface area contributed by atoms with Gasteiger partial charge in [-0.05, 0) is 57.5 Å². The predicted molar refractivity (Wildman–Crippen MR) is 108 cm³/mol. The van der Waals surface area contributed by atoms with E-state index >= 15 is 0 Å². The molecule has 3 N–H and O–H groups in total. The number of ether oxygens (including phenoxy) is 1. The van der Waals surface area contributed by atoms with E-state index in [1.54, 1.807) is 24.3 Å². The van der Waals surface area contributed by atoms with Crippen molar-refractivity contribution < 1.29 is 19.6 Å². The Labute approximate surface area is 168 Å². The standard InChI is InChI=1S/C20H23ClN2O3S/c1-19(2)10-13-14(18(25)26-5)17(27-15(13)20(3,4)23-19)22-16(24)11-6-8-12(21)9-7-11/h6-9,23H,10H2,1-5H3,(H,22,24)/p+1. The zero-order valence-corrected chi connectivity index (χ0v) is 17.7. The Bertz CT molecular complexity index is 901. The van der Waals surface area contributed by atoms with Crippen LogP contribution in [-0.2, 0) is 16.7 Å². The van der Waals surface area contributed by atoms with E-state index < -0.39 is 5.97 Å². The molecule has 5 nitrogen and oxygen atoms in total. The molecule has 0 radical (unpaired) electrons. The molecular weight excluding hydrogens is 384 g/mol. The van der Waals surface area contributed by atoms with E-state index in [4.69, 9.17) is 16.3 Å². The Kier molecular flexibility index (Phi) is 5.10. The van der Waals surface area contributed by atoms with Crippen molar-refractivity contribution in [3.63, 3.8) is 0 Å². The van der Waals surface area contributed by atoms with Gasteiger partial charge >= 0.3 is 5.97 Å². The first-order valence-electron chi connectivity index (χ1n) is 8.72. The first-order valence-corrected chi connectivity index (χ1v) is 9.92. The van der Waals surface area contributed by atoms with Crippen LogP contribution in [0.5, 0.6) is 0 Å². The van der Waals surface area contributed by atoms with Crippen LogP contribution in [0.4, 0.5) is 5.00 Å². The molecule has 0 aliphatic carbocycles. The van der Waals surface area contributed by atoms with Crippen LogP contribution in [0.15, 0.2) is 24.3 Å². The summed E-state index contributed by atoms with van der Waals surface area (Å²) in [5.41, 5.74) is 1.66. The maximum Gasteiger partial charge on any atom is 0.341 e. The van der Waals surface area contributed by atoms with Gasteiger partial charge in [0.15, 0.2) is 0 Å². The molecule has 0 spiro atoms. The number of fused-ring (bicyclic) bond motifs is 1. The minimum atomic E-state index is -0.424. The SMILES string of the molecule is COC(=O)c1c(NC(=O)c2ccc(Cl)cc2)sc2c1CC(C)(C)[NH2+]C2(C)C. The summed E-state index contributed by atoms with van der Waals surface area (Å²) in [5.74, 6) is -0.705. The summed E-state index contributed by atoms with van der Waals surface area (Å²) in [6.45, 7) is 8.58. The zero-order valence-electron chi connectivity index (χ0n) is 16.1. The van der Waals surface area contributed by atoms with Crippen LogP contribution in [-0.4, -0.2) is 24.5 Å². The fourth-order valence-electron chi connectivity index (χ4n) is 3.89. The molecule has 0 atom stereocenters. The van der Waals surface area contributed by atoms with Crippen molar-refractivity contribution in [3.8, 4) is 0 Å². The Balaban J connectivity index is 2.06. The molecule has 0 saturated carbocycles. The van der Waals surface area contributed by atoms with Gasteiger partial charge in [0.2, 0.25) is 0 Å². The molecule has 0 bridgehead atoms. The molecule has 2 heterocycles. The van der Waals surface area contributed by atoms with E-state index in [1.165, 1.54) is 18.4 Å². The van der Waals surface area contributed by atoms with E-state index in [9.17, 15) is 9.59 Å². The van der Waals surface area contributed by atoms with Gasteiger partial charge in [0, 0.05) is 17.0 Å². The molecule has 7 heteroatoms. The van der Waals surface area contributed by atoms with E-state index in [-0.39, 0.29) is 17.0 Å². The average molecular weight is 408 g/mol. The van der Waals surface area contributed by atoms with Crippen LogP contribution in [0.25, 0.3) is 0 Å². The van der Waals surface area contributed by atoms with E-state index in [2.05, 4.69) is 38.3 Å². The van der Waals surface area contributed by atoms with Crippen molar-refractivity contribution in [2.75, 3.05) is 12.4 Å². The third-order valence-corrected chi connectivity index (χ3v) is 6.44. The molecule has 1 aliphatic rings. The summed E-state index contributed by atoms with van der Waals surface area (Å²) in [7, 11) is 1.36. The Morgan fingerprint density at radius 1 is 1.19 bits per heavy atom. The summed E-state index contributed by atoms with van der Waals surface area (Å²) in [6, 6.07) is 6.64. The Morgan fingerprint density at radius 3 is 2.41 bits per heavy atom. The van der Waals surface area contributed by atoms with Crippen LogP contribution >= 0.6 is 22.9 Å². The number of quaternary nitrogens is 1. The maximum absolute atomic E-state index is 12.7. The lowest BCUT2D eigenvalue weighted by Crippen LogP contribution is -3.03. The molecule has 2 aromatic rings. The number of nitrogens with one attached hydrogen (secondary N) is 1. The molecule has 1 aromatic carbocycles. The first kappa shape index (κ1) is 19.9. The number of carbonyl (C=O) groups excluding carboxylic acids is 2. The number of anilines is 1. The summed E-state index contributed by atoms with van der Waals surface area (Å²) in [6.07, 6.45) is 0.726. The van der Waals surface area contributed by atoms with Crippen molar-refractivity contribution in [3.05, 3.63) is 50.9 Å². The summed E-state index contributed by atoms with van der Waals surface area (Å²) in [4.78, 5) is 26.3. The predicted octanol–water partition coefficient (Wildman–Crippen LogP) is 3.57. The van der Waals surface area contributed by atoms with Crippen LogP contribution in [0.3, 0.4) is 0 Å². The van der Waals surface area contributed by atoms with Crippen LogP contribution < -0.4 is 10.6 Å². The lowest BCUT2D eigenvalue weighted by molar-refractivity contribution is -0.789. The summed E-state index contributed by atoms with van der Waals surface area (Å²) in [5, 5.41) is 6.31. The highest BCUT2D eigenvalue weighted by Crippen LogP contribution is 2.42.